The highest BCUT2D eigenvalue weighted by Gasteiger charge is 2.43. The molecule has 1 aromatic carbocycles. The number of anilines is 1. The monoisotopic (exact) mass is 824 g/mol. The molecule has 0 bridgehead atoms. The smallest absolute Gasteiger partial charge is 0.245 e. The van der Waals surface area contributed by atoms with Crippen molar-refractivity contribution >= 4 is 29.4 Å². The van der Waals surface area contributed by atoms with Crippen LogP contribution < -0.4 is 16.4 Å². The molecule has 0 spiro atoms. The zero-order valence-electron chi connectivity index (χ0n) is 37.6. The minimum Gasteiger partial charge on any atom is -0.386 e. The number of nitrogen functional groups attached to an aromatic ring is 1. The summed E-state index contributed by atoms with van der Waals surface area (Å²) in [5, 5.41) is 16.9. The van der Waals surface area contributed by atoms with Crippen LogP contribution in [0.1, 0.15) is 98.3 Å². The van der Waals surface area contributed by atoms with Crippen LogP contribution in [0.2, 0.25) is 0 Å². The molecule has 0 radical (unpaired) electrons. The number of pyridine rings is 1. The Morgan fingerprint density at radius 2 is 1.61 bits per heavy atom. The molecule has 0 saturated carbocycles. The van der Waals surface area contributed by atoms with Crippen LogP contribution >= 0.6 is 0 Å². The van der Waals surface area contributed by atoms with Crippen molar-refractivity contribution < 1.29 is 33.8 Å². The van der Waals surface area contributed by atoms with Gasteiger partial charge in [0.1, 0.15) is 11.9 Å². The van der Waals surface area contributed by atoms with E-state index in [9.17, 15) is 24.3 Å². The van der Waals surface area contributed by atoms with Crippen LogP contribution in [0.5, 0.6) is 0 Å². The molecule has 10 atom stereocenters. The van der Waals surface area contributed by atoms with E-state index in [0.717, 1.165) is 18.4 Å². The number of amides is 4. The predicted molar refractivity (Wildman–Crippen MR) is 231 cm³/mol. The van der Waals surface area contributed by atoms with Crippen LogP contribution in [0.15, 0.2) is 48.7 Å². The predicted octanol–water partition coefficient (Wildman–Crippen LogP) is 4.42. The Morgan fingerprint density at radius 1 is 0.949 bits per heavy atom. The summed E-state index contributed by atoms with van der Waals surface area (Å²) in [4.78, 5) is 65.9. The van der Waals surface area contributed by atoms with E-state index in [0.29, 0.717) is 30.9 Å². The van der Waals surface area contributed by atoms with E-state index >= 15 is 0 Å². The maximum Gasteiger partial charge on any atom is 0.245 e. The van der Waals surface area contributed by atoms with Crippen molar-refractivity contribution in [2.24, 2.45) is 23.7 Å². The summed E-state index contributed by atoms with van der Waals surface area (Å²) in [5.74, 6) is -1.49. The lowest BCUT2D eigenvalue weighted by Crippen LogP contribution is -2.60. The van der Waals surface area contributed by atoms with E-state index in [1.807, 2.05) is 89.9 Å². The van der Waals surface area contributed by atoms with E-state index in [-0.39, 0.29) is 53.8 Å². The van der Waals surface area contributed by atoms with Gasteiger partial charge in [0.2, 0.25) is 23.6 Å². The lowest BCUT2D eigenvalue weighted by atomic mass is 9.89. The number of carbonyl (C=O) groups excluding carboxylic acids is 4. The minimum atomic E-state index is -0.887. The molecule has 1 aliphatic heterocycles. The number of methoxy groups -OCH3 is 2. The van der Waals surface area contributed by atoms with Gasteiger partial charge in [-0.15, -0.1) is 0 Å². The highest BCUT2D eigenvalue weighted by molar-refractivity contribution is 5.90. The lowest BCUT2D eigenvalue weighted by Gasteiger charge is -2.41. The minimum absolute atomic E-state index is 0.00931. The number of likely N-dealkylation sites (N-methyl/N-ethyl adjacent to an activating group) is 2. The van der Waals surface area contributed by atoms with Gasteiger partial charge in [0, 0.05) is 40.6 Å². The zero-order chi connectivity index (χ0) is 44.1. The molecule has 1 aromatic heterocycles. The number of nitrogens with two attached hydrogens (primary N) is 1. The number of rotatable bonds is 22. The van der Waals surface area contributed by atoms with Gasteiger partial charge in [-0.25, -0.2) is 4.98 Å². The number of hydrogen-bond acceptors (Lipinski definition) is 10. The van der Waals surface area contributed by atoms with Gasteiger partial charge in [-0.1, -0.05) is 85.2 Å². The molecule has 5 N–H and O–H groups in total. The first kappa shape index (κ1) is 49.3. The number of aromatic nitrogens is 1. The molecule has 2 unspecified atom stereocenters. The lowest BCUT2D eigenvalue weighted by molar-refractivity contribution is -0.148. The summed E-state index contributed by atoms with van der Waals surface area (Å²) >= 11 is 0. The normalized spacial score (nSPS) is 19.1. The van der Waals surface area contributed by atoms with Crippen LogP contribution in [0.25, 0.3) is 0 Å². The van der Waals surface area contributed by atoms with Crippen LogP contribution in [0, 0.1) is 23.7 Å². The van der Waals surface area contributed by atoms with Gasteiger partial charge in [0.25, 0.3) is 0 Å². The van der Waals surface area contributed by atoms with Crippen molar-refractivity contribution in [2.75, 3.05) is 40.6 Å². The van der Waals surface area contributed by atoms with E-state index in [4.69, 9.17) is 15.2 Å². The summed E-state index contributed by atoms with van der Waals surface area (Å²) in [6.45, 7) is 16.4. The standard InChI is InChI=1S/C45H73N7O7/c1-13-29(6)40(51(10)45(57)38(27(2)3)49-44(56)39(28(4)5)50(9)26-32-21-22-47-36(46)24-32)35(58-11)25-37(53)52-23-17-20-34(52)42(59-12)30(7)43(55)48-31(8)41(54)33-18-15-14-16-19-33/h14-16,18-19,21-22,24,27-31,34-35,38-42,54H,13,17,20,23,25-26H2,1-12H3,(H2,46,47)(H,48,55)(H,49,56)/t29-,30+,31+,34-,35+,38-,39?,40?,41+,42+/m0/s1. The quantitative estimate of drug-likeness (QED) is 0.133. The zero-order valence-corrected chi connectivity index (χ0v) is 37.6. The second kappa shape index (κ2) is 23.0. The van der Waals surface area contributed by atoms with Crippen molar-refractivity contribution in [3.63, 3.8) is 0 Å². The molecule has 0 aliphatic carbocycles. The SMILES string of the molecule is CC[C@H](C)C([C@@H](CC(=O)N1CCC[C@H]1[C@H](OC)[C@@H](C)C(=O)N[C@H](C)[C@@H](O)c1ccccc1)OC)N(C)C(=O)[C@@H](NC(=O)C(C(C)C)N(C)Cc1ccnc(N)c1)C(C)C. The fraction of sp³-hybridized carbons (Fsp3) is 0.667. The van der Waals surface area contributed by atoms with Crippen molar-refractivity contribution in [3.8, 4) is 0 Å². The summed E-state index contributed by atoms with van der Waals surface area (Å²) in [6, 6.07) is 10.1. The number of carbonyl (C=O) groups is 4. The third-order valence-electron chi connectivity index (χ3n) is 12.1. The second-order valence-corrected chi connectivity index (χ2v) is 17.2. The highest BCUT2D eigenvalue weighted by atomic mass is 16.5. The molecule has 4 amide bonds. The van der Waals surface area contributed by atoms with Crippen LogP contribution in [-0.2, 0) is 35.2 Å². The molecule has 2 heterocycles. The van der Waals surface area contributed by atoms with Gasteiger partial charge in [-0.2, -0.15) is 0 Å². The Kier molecular flexibility index (Phi) is 19.2. The second-order valence-electron chi connectivity index (χ2n) is 17.2. The topological polar surface area (TPSA) is 180 Å². The third kappa shape index (κ3) is 12.9. The number of hydrogen-bond donors (Lipinski definition) is 4. The molecular weight excluding hydrogens is 751 g/mol. The molecule has 1 aliphatic rings. The summed E-state index contributed by atoms with van der Waals surface area (Å²) in [7, 11) is 6.72. The molecular formula is C45H73N7O7. The van der Waals surface area contributed by atoms with Crippen molar-refractivity contribution in [1.29, 1.82) is 0 Å². The van der Waals surface area contributed by atoms with Crippen LogP contribution in [0.4, 0.5) is 5.82 Å². The Bertz CT molecular complexity index is 1650. The van der Waals surface area contributed by atoms with E-state index in [2.05, 4.69) is 15.6 Å². The van der Waals surface area contributed by atoms with Gasteiger partial charge in [-0.3, -0.25) is 24.1 Å². The maximum atomic E-state index is 14.5. The number of nitrogens with one attached hydrogen (secondary N) is 2. The number of ether oxygens (including phenoxy) is 2. The summed E-state index contributed by atoms with van der Waals surface area (Å²) in [5.41, 5.74) is 7.54. The molecule has 330 valence electrons. The molecule has 1 saturated heterocycles. The molecule has 3 rings (SSSR count). The van der Waals surface area contributed by atoms with Gasteiger partial charge in [-0.05, 0) is 67.8 Å². The maximum absolute atomic E-state index is 14.5. The van der Waals surface area contributed by atoms with E-state index in [1.165, 1.54) is 0 Å². The molecule has 2 aromatic rings. The number of nitrogens with zero attached hydrogens (tertiary/aromatic N) is 4. The molecule has 1 fully saturated rings. The molecule has 59 heavy (non-hydrogen) atoms. The number of aliphatic hydroxyl groups is 1. The van der Waals surface area contributed by atoms with Crippen molar-refractivity contribution in [3.05, 3.63) is 59.8 Å². The fourth-order valence-electron chi connectivity index (χ4n) is 8.64. The average Bonchev–Trinajstić information content (AvgIpc) is 3.68. The first-order chi connectivity index (χ1) is 27.9. The van der Waals surface area contributed by atoms with Gasteiger partial charge in [0.05, 0.1) is 54.8 Å². The van der Waals surface area contributed by atoms with Crippen molar-refractivity contribution in [1.82, 2.24) is 30.3 Å². The van der Waals surface area contributed by atoms with Crippen LogP contribution in [0.3, 0.4) is 0 Å². The Hall–Kier alpha value is -4.11. The van der Waals surface area contributed by atoms with E-state index < -0.39 is 48.4 Å². The Labute approximate surface area is 352 Å². The van der Waals surface area contributed by atoms with Crippen molar-refractivity contribution in [2.45, 2.75) is 136 Å². The molecule has 14 heteroatoms. The third-order valence-corrected chi connectivity index (χ3v) is 12.1. The van der Waals surface area contributed by atoms with Gasteiger partial charge >= 0.3 is 0 Å². The molecule has 14 nitrogen and oxygen atoms in total. The largest absolute Gasteiger partial charge is 0.386 e. The fourth-order valence-corrected chi connectivity index (χ4v) is 8.64. The van der Waals surface area contributed by atoms with Crippen LogP contribution in [-0.4, -0.2) is 126 Å². The van der Waals surface area contributed by atoms with Gasteiger partial charge in [0.15, 0.2) is 0 Å². The first-order valence-electron chi connectivity index (χ1n) is 21.2. The number of aliphatic hydroxyl groups excluding tert-OH is 1. The highest BCUT2D eigenvalue weighted by Crippen LogP contribution is 2.30. The van der Waals surface area contributed by atoms with Gasteiger partial charge < -0.3 is 40.7 Å². The van der Waals surface area contributed by atoms with E-state index in [1.54, 1.807) is 57.2 Å². The Balaban J connectivity index is 1.77. The number of benzene rings is 1. The number of likely N-dealkylation sites (tertiary alicyclic amines) is 1. The summed E-state index contributed by atoms with van der Waals surface area (Å²) in [6.07, 6.45) is 1.65. The summed E-state index contributed by atoms with van der Waals surface area (Å²) < 4.78 is 12.0. The Morgan fingerprint density at radius 3 is 2.17 bits per heavy atom. The average molecular weight is 824 g/mol. The first-order valence-corrected chi connectivity index (χ1v) is 21.2.